The molecule has 2 heterocycles. The van der Waals surface area contributed by atoms with Crippen LogP contribution in [0.4, 0.5) is 0 Å². The topological polar surface area (TPSA) is 39.1 Å². The Bertz CT molecular complexity index is 453. The molecule has 0 amide bonds. The van der Waals surface area contributed by atoms with Gasteiger partial charge >= 0.3 is 0 Å². The first-order valence-corrected chi connectivity index (χ1v) is 7.70. The van der Waals surface area contributed by atoms with E-state index in [1.54, 1.807) is 17.5 Å². The number of thiophene rings is 1. The van der Waals surface area contributed by atoms with Crippen molar-refractivity contribution in [1.29, 1.82) is 0 Å². The molecule has 0 radical (unpaired) electrons. The smallest absolute Gasteiger partial charge is 0.157 e. The van der Waals surface area contributed by atoms with Crippen LogP contribution < -0.4 is 10.1 Å². The molecule has 0 atom stereocenters. The molecule has 0 aliphatic heterocycles. The molecular formula is C14H21N3OS. The summed E-state index contributed by atoms with van der Waals surface area (Å²) in [7, 11) is 0. The molecule has 0 aliphatic rings. The maximum Gasteiger partial charge on any atom is 0.157 e. The highest BCUT2D eigenvalue weighted by molar-refractivity contribution is 7.07. The van der Waals surface area contributed by atoms with Crippen molar-refractivity contribution in [3.05, 3.63) is 34.8 Å². The summed E-state index contributed by atoms with van der Waals surface area (Å²) >= 11 is 1.75. The predicted molar refractivity (Wildman–Crippen MR) is 78.9 cm³/mol. The normalized spacial score (nSPS) is 10.8. The van der Waals surface area contributed by atoms with E-state index in [0.717, 1.165) is 38.2 Å². The maximum atomic E-state index is 5.63. The van der Waals surface area contributed by atoms with Gasteiger partial charge in [0.05, 0.1) is 12.4 Å². The van der Waals surface area contributed by atoms with Gasteiger partial charge in [0.25, 0.3) is 0 Å². The van der Waals surface area contributed by atoms with Gasteiger partial charge in [0, 0.05) is 13.1 Å². The summed E-state index contributed by atoms with van der Waals surface area (Å²) in [6.45, 7) is 5.63. The fraction of sp³-hybridized carbons (Fsp3) is 0.500. The quantitative estimate of drug-likeness (QED) is 0.717. The third-order valence-electron chi connectivity index (χ3n) is 2.78. The summed E-state index contributed by atoms with van der Waals surface area (Å²) < 4.78 is 7.54. The summed E-state index contributed by atoms with van der Waals surface area (Å²) in [4.78, 5) is 0. The number of nitrogens with one attached hydrogen (secondary N) is 1. The molecule has 0 bridgehead atoms. The van der Waals surface area contributed by atoms with Gasteiger partial charge in [0.2, 0.25) is 0 Å². The first-order chi connectivity index (χ1) is 9.38. The third kappa shape index (κ3) is 5.04. The average Bonchev–Trinajstić information content (AvgIpc) is 3.06. The van der Waals surface area contributed by atoms with E-state index in [1.807, 2.05) is 10.9 Å². The Hall–Kier alpha value is -1.33. The fourth-order valence-corrected chi connectivity index (χ4v) is 2.51. The number of aromatic nitrogens is 2. The molecule has 0 unspecified atom stereocenters. The van der Waals surface area contributed by atoms with E-state index in [2.05, 4.69) is 34.2 Å². The molecule has 1 N–H and O–H groups in total. The Labute approximate surface area is 118 Å². The van der Waals surface area contributed by atoms with E-state index in [9.17, 15) is 0 Å². The van der Waals surface area contributed by atoms with Crippen LogP contribution in [0.3, 0.4) is 0 Å². The molecule has 0 saturated carbocycles. The molecule has 5 heteroatoms. The summed E-state index contributed by atoms with van der Waals surface area (Å²) in [5.41, 5.74) is 1.40. The zero-order valence-corrected chi connectivity index (χ0v) is 12.2. The van der Waals surface area contributed by atoms with Crippen LogP contribution in [0.2, 0.25) is 0 Å². The number of aryl methyl sites for hydroxylation is 1. The number of rotatable bonds is 9. The van der Waals surface area contributed by atoms with Crippen LogP contribution in [0.5, 0.6) is 5.75 Å². The van der Waals surface area contributed by atoms with E-state index >= 15 is 0 Å². The molecule has 0 aromatic carbocycles. The van der Waals surface area contributed by atoms with Crippen LogP contribution in [-0.2, 0) is 13.0 Å². The largest absolute Gasteiger partial charge is 0.489 e. The van der Waals surface area contributed by atoms with Crippen LogP contribution in [-0.4, -0.2) is 29.5 Å². The molecule has 4 nitrogen and oxygen atoms in total. The van der Waals surface area contributed by atoms with Crippen LogP contribution in [0.1, 0.15) is 18.9 Å². The molecule has 2 rings (SSSR count). The molecule has 19 heavy (non-hydrogen) atoms. The van der Waals surface area contributed by atoms with Crippen LogP contribution in [0.25, 0.3) is 0 Å². The molecule has 0 fully saturated rings. The first kappa shape index (κ1) is 14.1. The highest BCUT2D eigenvalue weighted by Gasteiger charge is 1.98. The Kier molecular flexibility index (Phi) is 5.91. The maximum absolute atomic E-state index is 5.63. The van der Waals surface area contributed by atoms with E-state index in [1.165, 1.54) is 5.56 Å². The van der Waals surface area contributed by atoms with Gasteiger partial charge < -0.3 is 10.1 Å². The highest BCUT2D eigenvalue weighted by Crippen LogP contribution is 2.08. The minimum atomic E-state index is 0.682. The second-order valence-electron chi connectivity index (χ2n) is 4.42. The third-order valence-corrected chi connectivity index (χ3v) is 3.51. The lowest BCUT2D eigenvalue weighted by atomic mass is 10.2. The minimum Gasteiger partial charge on any atom is -0.489 e. The van der Waals surface area contributed by atoms with Gasteiger partial charge in [-0.15, -0.1) is 0 Å². The van der Waals surface area contributed by atoms with Crippen molar-refractivity contribution in [1.82, 2.24) is 15.1 Å². The highest BCUT2D eigenvalue weighted by atomic mass is 32.1. The summed E-state index contributed by atoms with van der Waals surface area (Å²) in [5, 5.41) is 11.9. The van der Waals surface area contributed by atoms with Gasteiger partial charge in [-0.1, -0.05) is 6.92 Å². The van der Waals surface area contributed by atoms with E-state index in [0.29, 0.717) is 6.61 Å². The standard InChI is InChI=1S/C14H21N3OS/c1-2-7-17-11-14(10-16-17)18-8-6-15-5-3-13-4-9-19-12-13/h4,9-12,15H,2-3,5-8H2,1H3. The van der Waals surface area contributed by atoms with Crippen molar-refractivity contribution in [3.63, 3.8) is 0 Å². The van der Waals surface area contributed by atoms with Gasteiger partial charge in [0.15, 0.2) is 5.75 Å². The Morgan fingerprint density at radius 3 is 3.16 bits per heavy atom. The fourth-order valence-electron chi connectivity index (χ4n) is 1.80. The molecule has 0 aliphatic carbocycles. The van der Waals surface area contributed by atoms with Gasteiger partial charge in [-0.2, -0.15) is 16.4 Å². The van der Waals surface area contributed by atoms with Crippen molar-refractivity contribution < 1.29 is 4.74 Å². The molecule has 0 saturated heterocycles. The lowest BCUT2D eigenvalue weighted by Gasteiger charge is -2.05. The number of ether oxygens (including phenoxy) is 1. The zero-order valence-electron chi connectivity index (χ0n) is 11.3. The van der Waals surface area contributed by atoms with E-state index in [4.69, 9.17) is 4.74 Å². The van der Waals surface area contributed by atoms with Crippen molar-refractivity contribution in [2.75, 3.05) is 19.7 Å². The van der Waals surface area contributed by atoms with Gasteiger partial charge in [-0.25, -0.2) is 0 Å². The molecule has 0 spiro atoms. The second kappa shape index (κ2) is 7.96. The van der Waals surface area contributed by atoms with Gasteiger partial charge in [-0.3, -0.25) is 4.68 Å². The Balaban J connectivity index is 1.53. The van der Waals surface area contributed by atoms with Gasteiger partial charge in [-0.05, 0) is 41.8 Å². The second-order valence-corrected chi connectivity index (χ2v) is 5.20. The average molecular weight is 279 g/mol. The van der Waals surface area contributed by atoms with Crippen LogP contribution in [0, 0.1) is 0 Å². The van der Waals surface area contributed by atoms with E-state index < -0.39 is 0 Å². The predicted octanol–water partition coefficient (Wildman–Crippen LogP) is 2.57. The van der Waals surface area contributed by atoms with Gasteiger partial charge in [0.1, 0.15) is 6.61 Å². The van der Waals surface area contributed by atoms with Crippen LogP contribution >= 0.6 is 11.3 Å². The summed E-state index contributed by atoms with van der Waals surface area (Å²) in [5.74, 6) is 0.855. The number of nitrogens with zero attached hydrogens (tertiary/aromatic N) is 2. The molecule has 2 aromatic heterocycles. The van der Waals surface area contributed by atoms with Crippen molar-refractivity contribution in [2.24, 2.45) is 0 Å². The van der Waals surface area contributed by atoms with Crippen LogP contribution in [0.15, 0.2) is 29.2 Å². The van der Waals surface area contributed by atoms with Crippen molar-refractivity contribution in [3.8, 4) is 5.75 Å². The van der Waals surface area contributed by atoms with Crippen molar-refractivity contribution >= 4 is 11.3 Å². The number of hydrogen-bond donors (Lipinski definition) is 1. The monoisotopic (exact) mass is 279 g/mol. The zero-order chi connectivity index (χ0) is 13.3. The molecule has 104 valence electrons. The number of hydrogen-bond acceptors (Lipinski definition) is 4. The Morgan fingerprint density at radius 2 is 2.37 bits per heavy atom. The molecule has 2 aromatic rings. The Morgan fingerprint density at radius 1 is 1.42 bits per heavy atom. The first-order valence-electron chi connectivity index (χ1n) is 6.75. The van der Waals surface area contributed by atoms with Crippen molar-refractivity contribution in [2.45, 2.75) is 26.3 Å². The SMILES string of the molecule is CCCn1cc(OCCNCCc2ccsc2)cn1. The summed E-state index contributed by atoms with van der Waals surface area (Å²) in [6.07, 6.45) is 5.90. The summed E-state index contributed by atoms with van der Waals surface area (Å²) in [6, 6.07) is 2.17. The lowest BCUT2D eigenvalue weighted by molar-refractivity contribution is 0.314. The molecular weight excluding hydrogens is 258 g/mol. The lowest BCUT2D eigenvalue weighted by Crippen LogP contribution is -2.23. The minimum absolute atomic E-state index is 0.682. The van der Waals surface area contributed by atoms with E-state index in [-0.39, 0.29) is 0 Å².